The van der Waals surface area contributed by atoms with Crippen LogP contribution in [0.5, 0.6) is 0 Å². The number of aromatic nitrogens is 1. The Morgan fingerprint density at radius 2 is 1.93 bits per heavy atom. The van der Waals surface area contributed by atoms with E-state index < -0.39 is 0 Å². The average molecular weight is 222 g/mol. The lowest BCUT2D eigenvalue weighted by Gasteiger charge is -2.20. The van der Waals surface area contributed by atoms with Gasteiger partial charge in [0, 0.05) is 10.8 Å². The van der Waals surface area contributed by atoms with Crippen LogP contribution in [-0.2, 0) is 11.0 Å². The second-order valence-corrected chi connectivity index (χ2v) is 6.32. The van der Waals surface area contributed by atoms with Gasteiger partial charge < -0.3 is 5.73 Å². The molecule has 1 aromatic heterocycles. The first-order valence-electron chi connectivity index (χ1n) is 5.88. The standard InChI is InChI=1S/C12H18N2S/c1-11(6-7-11)10-14-9(8-15-10)12(13)4-2-3-5-12/h8H,2-7,13H2,1H3. The topological polar surface area (TPSA) is 38.9 Å². The highest BCUT2D eigenvalue weighted by molar-refractivity contribution is 7.09. The minimum Gasteiger partial charge on any atom is -0.320 e. The summed E-state index contributed by atoms with van der Waals surface area (Å²) in [4.78, 5) is 4.79. The van der Waals surface area contributed by atoms with Crippen LogP contribution >= 0.6 is 11.3 Å². The van der Waals surface area contributed by atoms with Gasteiger partial charge in [-0.3, -0.25) is 0 Å². The molecule has 0 aliphatic heterocycles. The highest BCUT2D eigenvalue weighted by atomic mass is 32.1. The lowest BCUT2D eigenvalue weighted by atomic mass is 9.96. The lowest BCUT2D eigenvalue weighted by Crippen LogP contribution is -2.33. The maximum Gasteiger partial charge on any atom is 0.0988 e. The minimum atomic E-state index is -0.0972. The van der Waals surface area contributed by atoms with E-state index in [-0.39, 0.29) is 5.54 Å². The molecule has 15 heavy (non-hydrogen) atoms. The van der Waals surface area contributed by atoms with Gasteiger partial charge in [-0.15, -0.1) is 11.3 Å². The molecule has 3 heteroatoms. The van der Waals surface area contributed by atoms with Gasteiger partial charge in [-0.05, 0) is 25.7 Å². The van der Waals surface area contributed by atoms with Crippen LogP contribution in [-0.4, -0.2) is 4.98 Å². The molecule has 2 aliphatic carbocycles. The van der Waals surface area contributed by atoms with Crippen LogP contribution in [0.1, 0.15) is 56.2 Å². The Balaban J connectivity index is 1.90. The van der Waals surface area contributed by atoms with Crippen molar-refractivity contribution in [3.8, 4) is 0 Å². The van der Waals surface area contributed by atoms with Gasteiger partial charge in [0.05, 0.1) is 16.2 Å². The third-order valence-electron chi connectivity index (χ3n) is 4.03. The van der Waals surface area contributed by atoms with E-state index in [0.717, 1.165) is 18.5 Å². The third-order valence-corrected chi connectivity index (χ3v) is 5.17. The Morgan fingerprint density at radius 3 is 2.53 bits per heavy atom. The van der Waals surface area contributed by atoms with Crippen molar-refractivity contribution >= 4 is 11.3 Å². The second kappa shape index (κ2) is 3.05. The van der Waals surface area contributed by atoms with Crippen LogP contribution in [0.3, 0.4) is 0 Å². The molecule has 82 valence electrons. The van der Waals surface area contributed by atoms with E-state index in [1.807, 2.05) is 11.3 Å². The highest BCUT2D eigenvalue weighted by Crippen LogP contribution is 2.49. The quantitative estimate of drug-likeness (QED) is 0.835. The molecule has 0 spiro atoms. The van der Waals surface area contributed by atoms with Crippen molar-refractivity contribution in [3.63, 3.8) is 0 Å². The van der Waals surface area contributed by atoms with E-state index in [0.29, 0.717) is 5.41 Å². The zero-order valence-electron chi connectivity index (χ0n) is 9.25. The van der Waals surface area contributed by atoms with Crippen LogP contribution < -0.4 is 5.73 Å². The summed E-state index contributed by atoms with van der Waals surface area (Å²) in [5.41, 5.74) is 7.87. The minimum absolute atomic E-state index is 0.0972. The third kappa shape index (κ3) is 1.53. The Kier molecular flexibility index (Phi) is 1.99. The molecule has 2 saturated carbocycles. The maximum atomic E-state index is 6.40. The van der Waals surface area contributed by atoms with E-state index in [2.05, 4.69) is 12.3 Å². The Hall–Kier alpha value is -0.410. The van der Waals surface area contributed by atoms with E-state index in [9.17, 15) is 0 Å². The number of hydrogen-bond acceptors (Lipinski definition) is 3. The first-order valence-corrected chi connectivity index (χ1v) is 6.76. The largest absolute Gasteiger partial charge is 0.320 e. The van der Waals surface area contributed by atoms with Gasteiger partial charge in [0.2, 0.25) is 0 Å². The van der Waals surface area contributed by atoms with E-state index in [1.165, 1.54) is 30.7 Å². The van der Waals surface area contributed by atoms with Gasteiger partial charge in [0.25, 0.3) is 0 Å². The smallest absolute Gasteiger partial charge is 0.0988 e. The molecule has 3 rings (SSSR count). The van der Waals surface area contributed by atoms with Gasteiger partial charge in [0.15, 0.2) is 0 Å². The molecule has 0 aromatic carbocycles. The van der Waals surface area contributed by atoms with Gasteiger partial charge in [-0.25, -0.2) is 4.98 Å². The number of nitrogens with zero attached hydrogens (tertiary/aromatic N) is 1. The van der Waals surface area contributed by atoms with Crippen LogP contribution in [0, 0.1) is 0 Å². The van der Waals surface area contributed by atoms with Crippen molar-refractivity contribution < 1.29 is 0 Å². The summed E-state index contributed by atoms with van der Waals surface area (Å²) in [5.74, 6) is 0. The van der Waals surface area contributed by atoms with Crippen molar-refractivity contribution in [2.24, 2.45) is 5.73 Å². The molecule has 0 atom stereocenters. The Labute approximate surface area is 94.9 Å². The molecular formula is C12H18N2S. The van der Waals surface area contributed by atoms with Crippen LogP contribution in [0.4, 0.5) is 0 Å². The summed E-state index contributed by atoms with van der Waals surface area (Å²) >= 11 is 1.81. The number of hydrogen-bond donors (Lipinski definition) is 1. The van der Waals surface area contributed by atoms with Crippen molar-refractivity contribution in [3.05, 3.63) is 16.1 Å². The van der Waals surface area contributed by atoms with Gasteiger partial charge >= 0.3 is 0 Å². The van der Waals surface area contributed by atoms with Crippen LogP contribution in [0.25, 0.3) is 0 Å². The predicted molar refractivity (Wildman–Crippen MR) is 63.0 cm³/mol. The summed E-state index contributed by atoms with van der Waals surface area (Å²) in [6.45, 7) is 2.31. The first-order chi connectivity index (χ1) is 7.12. The van der Waals surface area contributed by atoms with Crippen molar-refractivity contribution in [1.29, 1.82) is 0 Å². The molecule has 2 aliphatic rings. The summed E-state index contributed by atoms with van der Waals surface area (Å²) in [6, 6.07) is 0. The molecule has 1 heterocycles. The van der Waals surface area contributed by atoms with Crippen molar-refractivity contribution in [2.75, 3.05) is 0 Å². The molecule has 2 N–H and O–H groups in total. The Morgan fingerprint density at radius 1 is 1.27 bits per heavy atom. The predicted octanol–water partition coefficient (Wildman–Crippen LogP) is 2.92. The molecule has 0 bridgehead atoms. The molecule has 2 fully saturated rings. The van der Waals surface area contributed by atoms with Crippen LogP contribution in [0.2, 0.25) is 0 Å². The van der Waals surface area contributed by atoms with Crippen LogP contribution in [0.15, 0.2) is 5.38 Å². The zero-order valence-corrected chi connectivity index (χ0v) is 10.1. The normalized spacial score (nSPS) is 26.8. The molecule has 0 unspecified atom stereocenters. The number of nitrogens with two attached hydrogens (primary N) is 1. The fourth-order valence-electron chi connectivity index (χ4n) is 2.44. The lowest BCUT2D eigenvalue weighted by molar-refractivity contribution is 0.448. The fraction of sp³-hybridized carbons (Fsp3) is 0.750. The maximum absolute atomic E-state index is 6.40. The SMILES string of the molecule is CC1(c2nc(C3(N)CCCC3)cs2)CC1. The summed E-state index contributed by atoms with van der Waals surface area (Å²) in [7, 11) is 0. The molecule has 0 saturated heterocycles. The summed E-state index contributed by atoms with van der Waals surface area (Å²) in [6.07, 6.45) is 7.37. The summed E-state index contributed by atoms with van der Waals surface area (Å²) < 4.78 is 0. The second-order valence-electron chi connectivity index (χ2n) is 5.46. The van der Waals surface area contributed by atoms with Gasteiger partial charge in [0.1, 0.15) is 0 Å². The average Bonchev–Trinajstić information content (AvgIpc) is 2.74. The first kappa shape index (κ1) is 9.79. The zero-order chi connectivity index (χ0) is 10.5. The van der Waals surface area contributed by atoms with E-state index in [4.69, 9.17) is 10.7 Å². The molecule has 1 aromatic rings. The number of thiazole rings is 1. The molecule has 0 radical (unpaired) electrons. The van der Waals surface area contributed by atoms with Gasteiger partial charge in [-0.1, -0.05) is 19.8 Å². The highest BCUT2D eigenvalue weighted by Gasteiger charge is 2.43. The monoisotopic (exact) mass is 222 g/mol. The summed E-state index contributed by atoms with van der Waals surface area (Å²) in [5, 5.41) is 3.51. The Bertz CT molecular complexity index is 373. The van der Waals surface area contributed by atoms with Crippen molar-refractivity contribution in [1.82, 2.24) is 4.98 Å². The van der Waals surface area contributed by atoms with Crippen molar-refractivity contribution in [2.45, 2.75) is 56.4 Å². The molecule has 2 nitrogen and oxygen atoms in total. The molecule has 0 amide bonds. The number of rotatable bonds is 2. The van der Waals surface area contributed by atoms with Gasteiger partial charge in [-0.2, -0.15) is 0 Å². The van der Waals surface area contributed by atoms with E-state index in [1.54, 1.807) is 0 Å². The molecular weight excluding hydrogens is 204 g/mol. The van der Waals surface area contributed by atoms with E-state index >= 15 is 0 Å². The fourth-order valence-corrected chi connectivity index (χ4v) is 3.59.